The molecule has 29 heavy (non-hydrogen) atoms. The third kappa shape index (κ3) is 3.92. The Hall–Kier alpha value is -1.92. The van der Waals surface area contributed by atoms with Crippen LogP contribution in [-0.2, 0) is 17.8 Å². The molecule has 4 aliphatic carbocycles. The fraction of sp³-hybridized carbons (Fsp3) is 0.591. The van der Waals surface area contributed by atoms with Gasteiger partial charge in [-0.2, -0.15) is 4.98 Å². The van der Waals surface area contributed by atoms with Crippen molar-refractivity contribution in [3.63, 3.8) is 0 Å². The number of carbonyl (C=O) groups is 1. The summed E-state index contributed by atoms with van der Waals surface area (Å²) in [6.07, 6.45) is 7.89. The summed E-state index contributed by atoms with van der Waals surface area (Å²) >= 11 is 0. The Labute approximate surface area is 177 Å². The molecule has 4 saturated carbocycles. The Kier molecular flexibility index (Phi) is 5.67. The van der Waals surface area contributed by atoms with Gasteiger partial charge in [0.2, 0.25) is 17.6 Å². The van der Waals surface area contributed by atoms with Gasteiger partial charge in [-0.05, 0) is 61.8 Å². The Morgan fingerprint density at radius 2 is 1.72 bits per heavy atom. The third-order valence-electron chi connectivity index (χ3n) is 7.06. The van der Waals surface area contributed by atoms with Gasteiger partial charge in [-0.25, -0.2) is 0 Å². The van der Waals surface area contributed by atoms with Gasteiger partial charge in [0.25, 0.3) is 0 Å². The van der Waals surface area contributed by atoms with Gasteiger partial charge in [-0.3, -0.25) is 4.79 Å². The zero-order valence-corrected chi connectivity index (χ0v) is 17.4. The van der Waals surface area contributed by atoms with Gasteiger partial charge in [-0.1, -0.05) is 29.4 Å². The molecule has 1 aromatic heterocycles. The first-order valence-electron chi connectivity index (χ1n) is 10.5. The number of hydrogen-bond acceptors (Lipinski definition) is 5. The predicted octanol–water partition coefficient (Wildman–Crippen LogP) is 3.49. The Morgan fingerprint density at radius 3 is 2.31 bits per heavy atom. The average Bonchev–Trinajstić information content (AvgIpc) is 3.16. The van der Waals surface area contributed by atoms with Crippen LogP contribution in [0, 0.1) is 23.2 Å². The summed E-state index contributed by atoms with van der Waals surface area (Å²) < 4.78 is 5.37. The van der Waals surface area contributed by atoms with Gasteiger partial charge in [-0.15, -0.1) is 12.4 Å². The quantitative estimate of drug-likeness (QED) is 0.751. The zero-order chi connectivity index (χ0) is 19.1. The first kappa shape index (κ1) is 20.4. The van der Waals surface area contributed by atoms with E-state index in [4.69, 9.17) is 10.3 Å². The molecule has 4 aliphatic rings. The van der Waals surface area contributed by atoms with E-state index < -0.39 is 0 Å². The molecule has 3 N–H and O–H groups in total. The van der Waals surface area contributed by atoms with Crippen molar-refractivity contribution < 1.29 is 9.32 Å². The molecule has 0 spiro atoms. The molecule has 6 rings (SSSR count). The van der Waals surface area contributed by atoms with Crippen LogP contribution in [0.15, 0.2) is 28.8 Å². The second-order valence-corrected chi connectivity index (χ2v) is 9.12. The summed E-state index contributed by atoms with van der Waals surface area (Å²) in [7, 11) is 0. The van der Waals surface area contributed by atoms with Gasteiger partial charge >= 0.3 is 0 Å². The summed E-state index contributed by atoms with van der Waals surface area (Å²) in [5, 5.41) is 7.24. The van der Waals surface area contributed by atoms with Crippen LogP contribution in [0.4, 0.5) is 0 Å². The molecular formula is C22H29ClN4O2. The minimum Gasteiger partial charge on any atom is -0.355 e. The molecule has 0 radical (unpaired) electrons. The first-order chi connectivity index (χ1) is 13.6. The van der Waals surface area contributed by atoms with Crippen LogP contribution in [0.1, 0.15) is 50.0 Å². The molecule has 6 nitrogen and oxygen atoms in total. The van der Waals surface area contributed by atoms with Crippen molar-refractivity contribution in [2.75, 3.05) is 6.54 Å². The van der Waals surface area contributed by atoms with E-state index in [1.54, 1.807) is 0 Å². The average molecular weight is 417 g/mol. The van der Waals surface area contributed by atoms with E-state index in [-0.39, 0.29) is 23.7 Å². The summed E-state index contributed by atoms with van der Waals surface area (Å²) in [6.45, 7) is 1.07. The van der Waals surface area contributed by atoms with Gasteiger partial charge in [0.15, 0.2) is 0 Å². The largest absolute Gasteiger partial charge is 0.355 e. The number of nitrogens with one attached hydrogen (secondary N) is 1. The number of carbonyl (C=O) groups excluding carboxylic acids is 1. The second-order valence-electron chi connectivity index (χ2n) is 9.12. The summed E-state index contributed by atoms with van der Waals surface area (Å²) in [4.78, 5) is 17.5. The number of hydrogen-bond donors (Lipinski definition) is 2. The maximum absolute atomic E-state index is 13.0. The van der Waals surface area contributed by atoms with Crippen LogP contribution >= 0.6 is 12.4 Å². The highest BCUT2D eigenvalue weighted by Gasteiger charge is 2.54. The number of halogens is 1. The van der Waals surface area contributed by atoms with E-state index in [1.165, 1.54) is 19.3 Å². The van der Waals surface area contributed by atoms with E-state index in [9.17, 15) is 4.79 Å². The van der Waals surface area contributed by atoms with Gasteiger partial charge in [0.1, 0.15) is 0 Å². The molecule has 7 heteroatoms. The third-order valence-corrected chi connectivity index (χ3v) is 7.06. The van der Waals surface area contributed by atoms with E-state index in [1.807, 2.05) is 24.3 Å². The minimum absolute atomic E-state index is 0. The number of benzene rings is 1. The summed E-state index contributed by atoms with van der Waals surface area (Å²) in [5.41, 5.74) is 7.51. The van der Waals surface area contributed by atoms with E-state index in [0.29, 0.717) is 31.2 Å². The van der Waals surface area contributed by atoms with Crippen LogP contribution in [0.2, 0.25) is 0 Å². The lowest BCUT2D eigenvalue weighted by Gasteiger charge is -2.55. The van der Waals surface area contributed by atoms with Crippen LogP contribution in [0.3, 0.4) is 0 Å². The van der Waals surface area contributed by atoms with E-state index in [0.717, 1.165) is 48.1 Å². The SMILES string of the molecule is Cl.NCc1ccc(-c2noc(CCNC(=O)C34CC5CC(CC(C5)C3)C4)n2)cc1. The standard InChI is InChI=1S/C22H28N4O2.ClH/c23-13-14-1-3-18(4-2-14)20-25-19(28-26-20)5-6-24-21(27)22-10-15-7-16(11-22)9-17(8-15)12-22;/h1-4,15-17H,5-13,23H2,(H,24,27);1H. The molecule has 0 aliphatic heterocycles. The molecule has 0 saturated heterocycles. The molecule has 1 aromatic carbocycles. The molecule has 0 unspecified atom stereocenters. The van der Waals surface area contributed by atoms with Crippen molar-refractivity contribution in [2.45, 2.75) is 51.5 Å². The molecule has 4 fully saturated rings. The summed E-state index contributed by atoms with van der Waals surface area (Å²) in [5.74, 6) is 3.72. The molecule has 0 atom stereocenters. The maximum Gasteiger partial charge on any atom is 0.228 e. The molecule has 156 valence electrons. The zero-order valence-electron chi connectivity index (χ0n) is 16.6. The van der Waals surface area contributed by atoms with Crippen LogP contribution in [0.25, 0.3) is 11.4 Å². The topological polar surface area (TPSA) is 94.0 Å². The monoisotopic (exact) mass is 416 g/mol. The number of amides is 1. The number of nitrogens with zero attached hydrogens (tertiary/aromatic N) is 2. The van der Waals surface area contributed by atoms with Crippen molar-refractivity contribution in [1.82, 2.24) is 15.5 Å². The predicted molar refractivity (Wildman–Crippen MR) is 112 cm³/mol. The molecule has 2 aromatic rings. The Bertz CT molecular complexity index is 829. The van der Waals surface area contributed by atoms with Crippen LogP contribution < -0.4 is 11.1 Å². The molecule has 1 amide bonds. The highest BCUT2D eigenvalue weighted by atomic mass is 35.5. The number of nitrogens with two attached hydrogens (primary N) is 1. The maximum atomic E-state index is 13.0. The molecular weight excluding hydrogens is 388 g/mol. The van der Waals surface area contributed by atoms with E-state index >= 15 is 0 Å². The second kappa shape index (κ2) is 8.07. The highest BCUT2D eigenvalue weighted by Crippen LogP contribution is 2.60. The van der Waals surface area contributed by atoms with Gasteiger partial charge < -0.3 is 15.6 Å². The van der Waals surface area contributed by atoms with Crippen molar-refractivity contribution >= 4 is 18.3 Å². The van der Waals surface area contributed by atoms with Crippen molar-refractivity contribution in [1.29, 1.82) is 0 Å². The molecule has 1 heterocycles. The van der Waals surface area contributed by atoms with Crippen molar-refractivity contribution in [3.05, 3.63) is 35.7 Å². The number of rotatable bonds is 6. The van der Waals surface area contributed by atoms with Gasteiger partial charge in [0.05, 0.1) is 0 Å². The fourth-order valence-corrected chi connectivity index (χ4v) is 6.12. The van der Waals surface area contributed by atoms with Crippen molar-refractivity contribution in [2.24, 2.45) is 28.9 Å². The smallest absolute Gasteiger partial charge is 0.228 e. The normalized spacial score (nSPS) is 29.5. The number of aromatic nitrogens is 2. The van der Waals surface area contributed by atoms with Crippen LogP contribution in [-0.4, -0.2) is 22.6 Å². The Balaban J connectivity index is 0.00000205. The lowest BCUT2D eigenvalue weighted by Crippen LogP contribution is -2.53. The van der Waals surface area contributed by atoms with E-state index in [2.05, 4.69) is 15.5 Å². The lowest BCUT2D eigenvalue weighted by atomic mass is 9.49. The van der Waals surface area contributed by atoms with Gasteiger partial charge in [0, 0.05) is 30.5 Å². The van der Waals surface area contributed by atoms with Crippen LogP contribution in [0.5, 0.6) is 0 Å². The fourth-order valence-electron chi connectivity index (χ4n) is 6.12. The highest BCUT2D eigenvalue weighted by molar-refractivity contribution is 5.85. The first-order valence-corrected chi connectivity index (χ1v) is 10.5. The molecule has 4 bridgehead atoms. The minimum atomic E-state index is -0.0977. The summed E-state index contributed by atoms with van der Waals surface area (Å²) in [6, 6.07) is 7.84. The lowest BCUT2D eigenvalue weighted by molar-refractivity contribution is -0.146. The Morgan fingerprint density at radius 1 is 1.10 bits per heavy atom. The van der Waals surface area contributed by atoms with Crippen molar-refractivity contribution in [3.8, 4) is 11.4 Å².